The topological polar surface area (TPSA) is 90.7 Å². The Balaban J connectivity index is 1.80. The van der Waals surface area contributed by atoms with Gasteiger partial charge in [-0.15, -0.1) is 0 Å². The van der Waals surface area contributed by atoms with Gasteiger partial charge in [0.05, 0.1) is 16.9 Å². The number of anilines is 1. The van der Waals surface area contributed by atoms with Crippen molar-refractivity contribution in [2.24, 2.45) is 0 Å². The lowest BCUT2D eigenvalue weighted by atomic mass is 9.73. The number of carbonyl (C=O) groups excluding carboxylic acids is 1. The molecule has 1 saturated heterocycles. The van der Waals surface area contributed by atoms with Crippen LogP contribution in [0.5, 0.6) is 5.75 Å². The van der Waals surface area contributed by atoms with Gasteiger partial charge in [0, 0.05) is 36.4 Å². The number of hydrogen-bond acceptors (Lipinski definition) is 5. The standard InChI is InChI=1S/C20H21BrN2O5/c21-11-14-28-18-7-3-16(4-8-18)22-19(24)20(9-12-27-13-10-20)15-1-5-17(6-2-15)23(25)26/h1-8H,9-14H2,(H,22,24). The lowest BCUT2D eigenvalue weighted by molar-refractivity contribution is -0.384. The minimum atomic E-state index is -0.779. The molecule has 1 amide bonds. The minimum absolute atomic E-state index is 0.00503. The van der Waals surface area contributed by atoms with Crippen molar-refractivity contribution < 1.29 is 19.2 Å². The largest absolute Gasteiger partial charge is 0.493 e. The van der Waals surface area contributed by atoms with Gasteiger partial charge in [-0.3, -0.25) is 14.9 Å². The number of benzene rings is 2. The third-order valence-corrected chi connectivity index (χ3v) is 5.19. The molecule has 7 nitrogen and oxygen atoms in total. The van der Waals surface area contributed by atoms with Gasteiger partial charge < -0.3 is 14.8 Å². The van der Waals surface area contributed by atoms with Gasteiger partial charge in [0.15, 0.2) is 0 Å². The maximum Gasteiger partial charge on any atom is 0.269 e. The number of halogens is 1. The van der Waals surface area contributed by atoms with Crippen LogP contribution in [0.15, 0.2) is 48.5 Å². The second-order valence-electron chi connectivity index (χ2n) is 6.51. The first-order chi connectivity index (χ1) is 13.5. The Morgan fingerprint density at radius 2 is 1.79 bits per heavy atom. The van der Waals surface area contributed by atoms with Gasteiger partial charge in [-0.1, -0.05) is 28.1 Å². The second-order valence-corrected chi connectivity index (χ2v) is 7.31. The molecule has 28 heavy (non-hydrogen) atoms. The SMILES string of the molecule is O=C(Nc1ccc(OCCBr)cc1)C1(c2ccc([N+](=O)[O-])cc2)CCOCC1. The Morgan fingerprint density at radius 3 is 2.36 bits per heavy atom. The van der Waals surface area contributed by atoms with Crippen LogP contribution in [0.2, 0.25) is 0 Å². The van der Waals surface area contributed by atoms with Crippen molar-refractivity contribution >= 4 is 33.2 Å². The summed E-state index contributed by atoms with van der Waals surface area (Å²) in [5.41, 5.74) is 0.656. The smallest absolute Gasteiger partial charge is 0.269 e. The van der Waals surface area contributed by atoms with Crippen molar-refractivity contribution in [2.75, 3.05) is 30.5 Å². The van der Waals surface area contributed by atoms with Crippen LogP contribution < -0.4 is 10.1 Å². The minimum Gasteiger partial charge on any atom is -0.493 e. The van der Waals surface area contributed by atoms with E-state index in [1.165, 1.54) is 12.1 Å². The normalized spacial score (nSPS) is 15.6. The van der Waals surface area contributed by atoms with Crippen LogP contribution in [-0.4, -0.2) is 36.0 Å². The van der Waals surface area contributed by atoms with Gasteiger partial charge >= 0.3 is 0 Å². The monoisotopic (exact) mass is 448 g/mol. The van der Waals surface area contributed by atoms with Crippen LogP contribution in [0.1, 0.15) is 18.4 Å². The van der Waals surface area contributed by atoms with E-state index in [4.69, 9.17) is 9.47 Å². The predicted molar refractivity (Wildman–Crippen MR) is 109 cm³/mol. The first-order valence-corrected chi connectivity index (χ1v) is 10.1. The first-order valence-electron chi connectivity index (χ1n) is 8.98. The van der Waals surface area contributed by atoms with E-state index in [1.54, 1.807) is 36.4 Å². The van der Waals surface area contributed by atoms with Gasteiger partial charge in [0.1, 0.15) is 5.75 Å². The van der Waals surface area contributed by atoms with Crippen LogP contribution in [-0.2, 0) is 14.9 Å². The summed E-state index contributed by atoms with van der Waals surface area (Å²) in [6, 6.07) is 13.4. The van der Waals surface area contributed by atoms with E-state index >= 15 is 0 Å². The molecular formula is C20H21BrN2O5. The number of non-ortho nitro benzene ring substituents is 1. The van der Waals surface area contributed by atoms with E-state index in [9.17, 15) is 14.9 Å². The summed E-state index contributed by atoms with van der Waals surface area (Å²) >= 11 is 3.31. The van der Waals surface area contributed by atoms with E-state index in [1.807, 2.05) is 0 Å². The average Bonchev–Trinajstić information content (AvgIpc) is 2.73. The number of ether oxygens (including phenoxy) is 2. The summed E-state index contributed by atoms with van der Waals surface area (Å²) in [5.74, 6) is 0.590. The summed E-state index contributed by atoms with van der Waals surface area (Å²) < 4.78 is 11.0. The van der Waals surface area contributed by atoms with E-state index in [2.05, 4.69) is 21.2 Å². The van der Waals surface area contributed by atoms with Crippen LogP contribution in [0.25, 0.3) is 0 Å². The molecule has 1 N–H and O–H groups in total. The number of rotatable bonds is 7. The molecule has 0 spiro atoms. The van der Waals surface area contributed by atoms with Crippen molar-refractivity contribution in [3.63, 3.8) is 0 Å². The quantitative estimate of drug-likeness (QED) is 0.391. The molecule has 0 atom stereocenters. The highest BCUT2D eigenvalue weighted by Gasteiger charge is 2.42. The molecule has 0 aliphatic carbocycles. The number of carbonyl (C=O) groups is 1. The Bertz CT molecular complexity index is 817. The van der Waals surface area contributed by atoms with Gasteiger partial charge in [-0.05, 0) is 42.7 Å². The van der Waals surface area contributed by atoms with Crippen molar-refractivity contribution in [1.29, 1.82) is 0 Å². The molecule has 1 aliphatic rings. The molecule has 0 radical (unpaired) electrons. The molecule has 2 aromatic rings. The predicted octanol–water partition coefficient (Wildman–Crippen LogP) is 4.06. The molecule has 148 valence electrons. The van der Waals surface area contributed by atoms with Gasteiger partial charge in [-0.2, -0.15) is 0 Å². The lowest BCUT2D eigenvalue weighted by Gasteiger charge is -2.36. The highest BCUT2D eigenvalue weighted by atomic mass is 79.9. The summed E-state index contributed by atoms with van der Waals surface area (Å²) in [6.07, 6.45) is 1.03. The highest BCUT2D eigenvalue weighted by Crippen LogP contribution is 2.37. The van der Waals surface area contributed by atoms with Crippen molar-refractivity contribution in [1.82, 2.24) is 0 Å². The number of nitro groups is 1. The van der Waals surface area contributed by atoms with Gasteiger partial charge in [0.2, 0.25) is 5.91 Å². The number of alkyl halides is 1. The number of nitrogens with one attached hydrogen (secondary N) is 1. The van der Waals surface area contributed by atoms with Crippen LogP contribution in [0.3, 0.4) is 0 Å². The maximum atomic E-state index is 13.2. The Kier molecular flexibility index (Phi) is 6.64. The van der Waals surface area contributed by atoms with Crippen LogP contribution in [0.4, 0.5) is 11.4 Å². The molecular weight excluding hydrogens is 428 g/mol. The molecule has 2 aromatic carbocycles. The number of amides is 1. The third kappa shape index (κ3) is 4.51. The van der Waals surface area contributed by atoms with Crippen molar-refractivity contribution in [2.45, 2.75) is 18.3 Å². The highest BCUT2D eigenvalue weighted by molar-refractivity contribution is 9.09. The van der Waals surface area contributed by atoms with Crippen LogP contribution >= 0.6 is 15.9 Å². The molecule has 0 aromatic heterocycles. The maximum absolute atomic E-state index is 13.2. The second kappa shape index (κ2) is 9.16. The molecule has 1 heterocycles. The molecule has 0 saturated carbocycles. The average molecular weight is 449 g/mol. The fourth-order valence-corrected chi connectivity index (χ4v) is 3.47. The summed E-state index contributed by atoms with van der Waals surface area (Å²) in [6.45, 7) is 1.49. The van der Waals surface area contributed by atoms with Crippen molar-refractivity contribution in [3.8, 4) is 5.75 Å². The lowest BCUT2D eigenvalue weighted by Crippen LogP contribution is -2.44. The zero-order chi connectivity index (χ0) is 20.0. The van der Waals surface area contributed by atoms with E-state index < -0.39 is 10.3 Å². The molecule has 1 aliphatic heterocycles. The Labute approximate surface area is 171 Å². The fraction of sp³-hybridized carbons (Fsp3) is 0.350. The molecule has 0 bridgehead atoms. The number of nitro benzene ring substituents is 1. The summed E-state index contributed by atoms with van der Waals surface area (Å²) in [5, 5.41) is 14.6. The molecule has 1 fully saturated rings. The zero-order valence-corrected chi connectivity index (χ0v) is 16.8. The van der Waals surface area contributed by atoms with Crippen molar-refractivity contribution in [3.05, 3.63) is 64.2 Å². The van der Waals surface area contributed by atoms with Gasteiger partial charge in [0.25, 0.3) is 5.69 Å². The zero-order valence-electron chi connectivity index (χ0n) is 15.2. The summed E-state index contributed by atoms with van der Waals surface area (Å²) in [4.78, 5) is 23.7. The van der Waals surface area contributed by atoms with E-state index in [-0.39, 0.29) is 11.6 Å². The van der Waals surface area contributed by atoms with Gasteiger partial charge in [-0.25, -0.2) is 0 Å². The molecule has 3 rings (SSSR count). The third-order valence-electron chi connectivity index (χ3n) is 4.87. The molecule has 8 heteroatoms. The fourth-order valence-electron chi connectivity index (χ4n) is 3.31. The van der Waals surface area contributed by atoms with E-state index in [0.717, 1.165) is 16.6 Å². The Hall–Kier alpha value is -2.45. The summed E-state index contributed by atoms with van der Waals surface area (Å²) in [7, 11) is 0. The molecule has 0 unspecified atom stereocenters. The van der Waals surface area contributed by atoms with Crippen LogP contribution in [0, 0.1) is 10.1 Å². The number of hydrogen-bond donors (Lipinski definition) is 1. The first kappa shape index (κ1) is 20.3. The number of nitrogens with zero attached hydrogens (tertiary/aromatic N) is 1. The Morgan fingerprint density at radius 1 is 1.14 bits per heavy atom. The van der Waals surface area contributed by atoms with E-state index in [0.29, 0.717) is 38.3 Å².